The molecule has 0 radical (unpaired) electrons. The lowest BCUT2D eigenvalue weighted by molar-refractivity contribution is -0.893. The van der Waals surface area contributed by atoms with E-state index in [-0.39, 0.29) is 10.0 Å². The monoisotopic (exact) mass is 279 g/mol. The van der Waals surface area contributed by atoms with Gasteiger partial charge in [0, 0.05) is 31.3 Å². The standard InChI is InChI=1S/C14H22N4O2/c1-14(2,3)18(13(19)20)7-4-11(10-18)8-17-12-9-15-5-6-16-12/h5-6,9,11H,4,7-8,10H2,1-3H3,(H-,16,17,19,20)/p+1/t11-,18?/m0/s1. The summed E-state index contributed by atoms with van der Waals surface area (Å²) >= 11 is 0. The van der Waals surface area contributed by atoms with Gasteiger partial charge in [0.1, 0.15) is 11.4 Å². The van der Waals surface area contributed by atoms with Crippen molar-refractivity contribution < 1.29 is 14.4 Å². The number of nitrogens with one attached hydrogen (secondary N) is 1. The fraction of sp³-hybridized carbons (Fsp3) is 0.643. The second kappa shape index (κ2) is 5.36. The zero-order valence-corrected chi connectivity index (χ0v) is 12.3. The lowest BCUT2D eigenvalue weighted by Gasteiger charge is -2.40. The molecule has 1 amide bonds. The summed E-state index contributed by atoms with van der Waals surface area (Å²) in [6.45, 7) is 8.08. The first kappa shape index (κ1) is 14.7. The molecule has 1 saturated heterocycles. The van der Waals surface area contributed by atoms with Crippen LogP contribution in [0.3, 0.4) is 0 Å². The van der Waals surface area contributed by atoms with Crippen LogP contribution in [0, 0.1) is 5.92 Å². The van der Waals surface area contributed by atoms with Crippen LogP contribution in [-0.2, 0) is 0 Å². The Morgan fingerprint density at radius 1 is 1.50 bits per heavy atom. The van der Waals surface area contributed by atoms with E-state index in [1.54, 1.807) is 18.6 Å². The molecule has 1 fully saturated rings. The van der Waals surface area contributed by atoms with E-state index < -0.39 is 6.09 Å². The quantitative estimate of drug-likeness (QED) is 0.830. The van der Waals surface area contributed by atoms with Gasteiger partial charge in [0.05, 0.1) is 19.3 Å². The average molecular weight is 279 g/mol. The molecular formula is C14H23N4O2+. The fourth-order valence-corrected chi connectivity index (χ4v) is 2.90. The molecule has 1 aliphatic rings. The van der Waals surface area contributed by atoms with Crippen LogP contribution < -0.4 is 5.32 Å². The number of quaternary nitrogens is 1. The van der Waals surface area contributed by atoms with Gasteiger partial charge in [-0.1, -0.05) is 0 Å². The zero-order valence-electron chi connectivity index (χ0n) is 12.3. The van der Waals surface area contributed by atoms with Crippen molar-refractivity contribution in [2.45, 2.75) is 32.7 Å². The van der Waals surface area contributed by atoms with Crippen LogP contribution in [0.2, 0.25) is 0 Å². The molecule has 0 aromatic carbocycles. The molecule has 6 heteroatoms. The van der Waals surface area contributed by atoms with Gasteiger partial charge in [-0.2, -0.15) is 4.79 Å². The maximum atomic E-state index is 11.7. The van der Waals surface area contributed by atoms with Gasteiger partial charge in [0.2, 0.25) is 0 Å². The molecule has 0 aliphatic carbocycles. The number of hydrogen-bond acceptors (Lipinski definition) is 4. The van der Waals surface area contributed by atoms with E-state index in [1.165, 1.54) is 0 Å². The maximum Gasteiger partial charge on any atom is 0.513 e. The lowest BCUT2D eigenvalue weighted by Crippen LogP contribution is -2.61. The van der Waals surface area contributed by atoms with Crippen LogP contribution in [0.4, 0.5) is 10.6 Å². The molecule has 20 heavy (non-hydrogen) atoms. The van der Waals surface area contributed by atoms with E-state index in [4.69, 9.17) is 0 Å². The first-order chi connectivity index (χ1) is 9.35. The number of anilines is 1. The summed E-state index contributed by atoms with van der Waals surface area (Å²) in [4.78, 5) is 19.9. The van der Waals surface area contributed by atoms with Crippen molar-refractivity contribution in [1.82, 2.24) is 9.97 Å². The van der Waals surface area contributed by atoms with Gasteiger partial charge in [-0.15, -0.1) is 0 Å². The number of amides is 1. The Morgan fingerprint density at radius 2 is 2.25 bits per heavy atom. The van der Waals surface area contributed by atoms with E-state index in [0.29, 0.717) is 19.0 Å². The van der Waals surface area contributed by atoms with E-state index in [1.807, 2.05) is 20.8 Å². The average Bonchev–Trinajstić information content (AvgIpc) is 2.83. The molecule has 0 bridgehead atoms. The second-order valence-corrected chi connectivity index (χ2v) is 6.45. The van der Waals surface area contributed by atoms with E-state index in [9.17, 15) is 9.90 Å². The summed E-state index contributed by atoms with van der Waals surface area (Å²) < 4.78 is 0.139. The highest BCUT2D eigenvalue weighted by Gasteiger charge is 2.52. The number of aromatic nitrogens is 2. The lowest BCUT2D eigenvalue weighted by atomic mass is 10.0. The third-order valence-electron chi connectivity index (χ3n) is 4.27. The Labute approximate surface area is 119 Å². The molecule has 1 aliphatic heterocycles. The Hall–Kier alpha value is -1.69. The number of nitrogens with zero attached hydrogens (tertiary/aromatic N) is 3. The summed E-state index contributed by atoms with van der Waals surface area (Å²) in [5.41, 5.74) is -0.285. The van der Waals surface area contributed by atoms with Gasteiger partial charge in [0.25, 0.3) is 0 Å². The maximum absolute atomic E-state index is 11.7. The van der Waals surface area contributed by atoms with E-state index in [0.717, 1.165) is 18.8 Å². The molecular weight excluding hydrogens is 256 g/mol. The summed E-state index contributed by atoms with van der Waals surface area (Å²) in [7, 11) is 0. The fourth-order valence-electron chi connectivity index (χ4n) is 2.90. The van der Waals surface area contributed by atoms with Crippen LogP contribution in [0.25, 0.3) is 0 Å². The van der Waals surface area contributed by atoms with Crippen LogP contribution in [0.15, 0.2) is 18.6 Å². The van der Waals surface area contributed by atoms with E-state index in [2.05, 4.69) is 15.3 Å². The molecule has 6 nitrogen and oxygen atoms in total. The third-order valence-corrected chi connectivity index (χ3v) is 4.27. The van der Waals surface area contributed by atoms with Crippen molar-refractivity contribution in [3.05, 3.63) is 18.6 Å². The van der Waals surface area contributed by atoms with Crippen LogP contribution in [0.5, 0.6) is 0 Å². The molecule has 0 saturated carbocycles. The van der Waals surface area contributed by atoms with Gasteiger partial charge in [-0.25, -0.2) is 9.47 Å². The number of carboxylic acid groups (broad SMARTS) is 1. The van der Waals surface area contributed by atoms with Gasteiger partial charge in [-0.3, -0.25) is 4.98 Å². The van der Waals surface area contributed by atoms with Crippen molar-refractivity contribution in [2.24, 2.45) is 5.92 Å². The van der Waals surface area contributed by atoms with Gasteiger partial charge in [0.15, 0.2) is 0 Å². The van der Waals surface area contributed by atoms with Crippen molar-refractivity contribution in [3.8, 4) is 0 Å². The first-order valence-corrected chi connectivity index (χ1v) is 6.96. The minimum absolute atomic E-state index is 0.139. The van der Waals surface area contributed by atoms with E-state index >= 15 is 0 Å². The normalized spacial score (nSPS) is 26.4. The van der Waals surface area contributed by atoms with Crippen molar-refractivity contribution in [3.63, 3.8) is 0 Å². The molecule has 110 valence electrons. The molecule has 1 unspecified atom stereocenters. The highest BCUT2D eigenvalue weighted by molar-refractivity contribution is 5.57. The van der Waals surface area contributed by atoms with Crippen LogP contribution >= 0.6 is 0 Å². The summed E-state index contributed by atoms with van der Waals surface area (Å²) in [5, 5.41) is 12.9. The molecule has 2 N–H and O–H groups in total. The topological polar surface area (TPSA) is 75.1 Å². The number of likely N-dealkylation sites (tertiary alicyclic amines) is 1. The van der Waals surface area contributed by atoms with Gasteiger partial charge < -0.3 is 10.4 Å². The van der Waals surface area contributed by atoms with Gasteiger partial charge >= 0.3 is 6.09 Å². The van der Waals surface area contributed by atoms with Crippen LogP contribution in [0.1, 0.15) is 27.2 Å². The molecule has 2 rings (SSSR count). The summed E-state index contributed by atoms with van der Waals surface area (Å²) in [5.74, 6) is 1.08. The third kappa shape index (κ3) is 2.75. The highest BCUT2D eigenvalue weighted by Crippen LogP contribution is 2.34. The largest absolute Gasteiger partial charge is 0.513 e. The molecule has 2 atom stereocenters. The summed E-state index contributed by atoms with van der Waals surface area (Å²) in [6.07, 6.45) is 5.14. The number of hydrogen-bond donors (Lipinski definition) is 2. The van der Waals surface area contributed by atoms with Crippen molar-refractivity contribution in [1.29, 1.82) is 0 Å². The summed E-state index contributed by atoms with van der Waals surface area (Å²) in [6, 6.07) is 0. The Bertz CT molecular complexity index is 472. The molecule has 0 spiro atoms. The minimum Gasteiger partial charge on any atom is -0.435 e. The number of rotatable bonds is 3. The minimum atomic E-state index is -0.723. The van der Waals surface area contributed by atoms with Crippen molar-refractivity contribution in [2.75, 3.05) is 25.0 Å². The van der Waals surface area contributed by atoms with Gasteiger partial charge in [-0.05, 0) is 20.8 Å². The molecule has 2 heterocycles. The van der Waals surface area contributed by atoms with Crippen molar-refractivity contribution >= 4 is 11.9 Å². The number of carbonyl (C=O) groups is 1. The Morgan fingerprint density at radius 3 is 2.75 bits per heavy atom. The predicted molar refractivity (Wildman–Crippen MR) is 76.4 cm³/mol. The molecule has 1 aromatic heterocycles. The second-order valence-electron chi connectivity index (χ2n) is 6.45. The zero-order chi connectivity index (χ0) is 14.8. The highest BCUT2D eigenvalue weighted by atomic mass is 16.4. The molecule has 1 aromatic rings. The predicted octanol–water partition coefficient (Wildman–Crippen LogP) is 2.20. The Kier molecular flexibility index (Phi) is 3.94. The van der Waals surface area contributed by atoms with Crippen LogP contribution in [-0.4, -0.2) is 50.8 Å². The Balaban J connectivity index is 1.99. The smallest absolute Gasteiger partial charge is 0.435 e. The SMILES string of the molecule is CC(C)(C)[N+]1(C(=O)O)CC[C@@H](CNc2cnccn2)C1. The first-order valence-electron chi connectivity index (χ1n) is 6.96.